The Morgan fingerprint density at radius 1 is 1.21 bits per heavy atom. The molecule has 2 aromatic rings. The Morgan fingerprint density at radius 2 is 1.93 bits per heavy atom. The molecule has 14 heavy (non-hydrogen) atoms. The number of aromatic nitrogens is 1. The maximum atomic E-state index is 10.6. The van der Waals surface area contributed by atoms with Crippen LogP contribution in [0.4, 0.5) is 11.4 Å². The van der Waals surface area contributed by atoms with E-state index in [1.165, 1.54) is 10.3 Å². The summed E-state index contributed by atoms with van der Waals surface area (Å²) in [7, 11) is 2.39. The molecule has 0 unspecified atom stereocenters. The zero-order chi connectivity index (χ0) is 10.3. The van der Waals surface area contributed by atoms with Gasteiger partial charge in [0.25, 0.3) is 0 Å². The molecule has 7 nitrogen and oxygen atoms in total. The van der Waals surface area contributed by atoms with Crippen molar-refractivity contribution >= 4 is 41.6 Å². The Kier molecular flexibility index (Phi) is 1.89. The van der Waals surface area contributed by atoms with E-state index in [4.69, 9.17) is 0 Å². The predicted octanol–water partition coefficient (Wildman–Crippen LogP) is 2.17. The van der Waals surface area contributed by atoms with Crippen LogP contribution >= 0.6 is 20.7 Å². The lowest BCUT2D eigenvalue weighted by molar-refractivity contribution is -0.421. The average molecular weight is 231 g/mol. The van der Waals surface area contributed by atoms with Crippen molar-refractivity contribution in [2.45, 2.75) is 0 Å². The topological polar surface area (TPSA) is 99.2 Å². The van der Waals surface area contributed by atoms with Crippen LogP contribution in [-0.2, 0) is 0 Å². The lowest BCUT2D eigenvalue weighted by atomic mass is 10.3. The molecule has 0 saturated carbocycles. The molecule has 0 fully saturated rings. The van der Waals surface area contributed by atoms with Gasteiger partial charge >= 0.3 is 11.4 Å². The summed E-state index contributed by atoms with van der Waals surface area (Å²) >= 11 is 0. The Labute approximate surface area is 83.3 Å². The van der Waals surface area contributed by atoms with Gasteiger partial charge in [-0.3, -0.25) is 20.2 Å². The fourth-order valence-corrected chi connectivity index (χ4v) is 2.78. The lowest BCUT2D eigenvalue weighted by Crippen LogP contribution is -1.98. The van der Waals surface area contributed by atoms with Crippen LogP contribution in [0.3, 0.4) is 0 Å². The van der Waals surface area contributed by atoms with E-state index in [2.05, 4.69) is 4.98 Å². The molecule has 0 aliphatic carbocycles. The van der Waals surface area contributed by atoms with E-state index in [1.807, 2.05) is 0 Å². The van der Waals surface area contributed by atoms with Crippen LogP contribution in [0.5, 0.6) is 0 Å². The summed E-state index contributed by atoms with van der Waals surface area (Å²) in [6.45, 7) is 0. The van der Waals surface area contributed by atoms with Crippen molar-refractivity contribution in [2.75, 3.05) is 0 Å². The van der Waals surface area contributed by atoms with Crippen LogP contribution in [0.15, 0.2) is 6.20 Å². The Balaban J connectivity index is 2.77. The molecule has 0 aliphatic heterocycles. The van der Waals surface area contributed by atoms with Crippen LogP contribution in [-0.4, -0.2) is 14.8 Å². The zero-order valence-corrected chi connectivity index (χ0v) is 8.00. The molecule has 2 heterocycles. The maximum absolute atomic E-state index is 10.6. The summed E-state index contributed by atoms with van der Waals surface area (Å²) in [6.07, 6.45) is 0.920. The summed E-state index contributed by atoms with van der Waals surface area (Å²) in [6, 6.07) is 0. The van der Waals surface area contributed by atoms with Crippen molar-refractivity contribution in [1.29, 1.82) is 0 Å². The second kappa shape index (κ2) is 2.96. The highest BCUT2D eigenvalue weighted by molar-refractivity contribution is 7.78. The van der Waals surface area contributed by atoms with E-state index in [0.29, 0.717) is 4.83 Å². The molecular weight excluding hydrogens is 230 g/mol. The number of fused-ring (bicyclic) bond motifs is 1. The summed E-state index contributed by atoms with van der Waals surface area (Å²) in [5.74, 6) is 0. The first-order chi connectivity index (χ1) is 6.61. The zero-order valence-electron chi connectivity index (χ0n) is 6.37. The molecule has 0 radical (unpaired) electrons. The van der Waals surface area contributed by atoms with Gasteiger partial charge in [-0.25, -0.2) is 4.98 Å². The molecule has 0 aliphatic rings. The summed E-state index contributed by atoms with van der Waals surface area (Å²) in [4.78, 5) is 23.7. The standard InChI is InChI=1S/C5HN3O4S2/c9-7(10)2-1-6-5-4(13-14-5)3(2)8(11)12/h1H. The van der Waals surface area contributed by atoms with Crippen LogP contribution in [0.2, 0.25) is 0 Å². The average Bonchev–Trinajstić information content (AvgIpc) is 2.05. The van der Waals surface area contributed by atoms with E-state index < -0.39 is 21.2 Å². The van der Waals surface area contributed by atoms with Gasteiger partial charge in [0.2, 0.25) is 0 Å². The van der Waals surface area contributed by atoms with E-state index >= 15 is 0 Å². The van der Waals surface area contributed by atoms with Crippen molar-refractivity contribution in [3.8, 4) is 0 Å². The van der Waals surface area contributed by atoms with Gasteiger partial charge < -0.3 is 0 Å². The van der Waals surface area contributed by atoms with Crippen LogP contribution in [0, 0.1) is 20.2 Å². The lowest BCUT2D eigenvalue weighted by Gasteiger charge is -1.99. The van der Waals surface area contributed by atoms with Gasteiger partial charge in [0, 0.05) is 0 Å². The molecule has 2 aromatic heterocycles. The third-order valence-corrected chi connectivity index (χ3v) is 4.00. The van der Waals surface area contributed by atoms with E-state index in [-0.39, 0.29) is 4.70 Å². The number of pyridine rings is 1. The van der Waals surface area contributed by atoms with Gasteiger partial charge in [0.15, 0.2) is 9.53 Å². The van der Waals surface area contributed by atoms with Gasteiger partial charge in [-0.15, -0.1) is 0 Å². The first-order valence-corrected chi connectivity index (χ1v) is 5.42. The highest BCUT2D eigenvalue weighted by Gasteiger charge is 2.30. The normalized spacial score (nSPS) is 10.6. The van der Waals surface area contributed by atoms with Gasteiger partial charge in [-0.1, -0.05) is 20.7 Å². The second-order valence-electron chi connectivity index (χ2n) is 2.31. The molecule has 0 spiro atoms. The number of hydrogen-bond donors (Lipinski definition) is 0. The third kappa shape index (κ3) is 1.14. The fourth-order valence-electron chi connectivity index (χ4n) is 0.949. The Morgan fingerprint density at radius 3 is 2.36 bits per heavy atom. The molecule has 0 N–H and O–H groups in total. The summed E-state index contributed by atoms with van der Waals surface area (Å²) in [5, 5.41) is 21.0. The predicted molar refractivity (Wildman–Crippen MR) is 50.8 cm³/mol. The maximum Gasteiger partial charge on any atom is 0.368 e. The number of nitro groups is 2. The van der Waals surface area contributed by atoms with E-state index in [9.17, 15) is 20.2 Å². The van der Waals surface area contributed by atoms with Crippen molar-refractivity contribution in [1.82, 2.24) is 4.98 Å². The largest absolute Gasteiger partial charge is 0.368 e. The summed E-state index contributed by atoms with van der Waals surface area (Å²) < 4.78 is 0.286. The Hall–Kier alpha value is -1.61. The molecule has 0 aromatic carbocycles. The first kappa shape index (κ1) is 8.97. The number of rotatable bonds is 2. The van der Waals surface area contributed by atoms with Crippen LogP contribution in [0.1, 0.15) is 0 Å². The van der Waals surface area contributed by atoms with Crippen molar-refractivity contribution in [3.05, 3.63) is 26.4 Å². The molecule has 72 valence electrons. The molecule has 2 rings (SSSR count). The van der Waals surface area contributed by atoms with Gasteiger partial charge in [-0.05, 0) is 0 Å². The summed E-state index contributed by atoms with van der Waals surface area (Å²) in [5.41, 5.74) is -1.01. The molecule has 0 saturated heterocycles. The first-order valence-electron chi connectivity index (χ1n) is 3.27. The van der Waals surface area contributed by atoms with E-state index in [0.717, 1.165) is 16.5 Å². The van der Waals surface area contributed by atoms with Crippen molar-refractivity contribution < 1.29 is 9.85 Å². The highest BCUT2D eigenvalue weighted by Crippen LogP contribution is 2.42. The minimum Gasteiger partial charge on any atom is -0.258 e. The smallest absolute Gasteiger partial charge is 0.258 e. The third-order valence-electron chi connectivity index (χ3n) is 1.54. The van der Waals surface area contributed by atoms with Crippen LogP contribution in [0.25, 0.3) is 9.53 Å². The van der Waals surface area contributed by atoms with Crippen LogP contribution < -0.4 is 0 Å². The van der Waals surface area contributed by atoms with Gasteiger partial charge in [0.05, 0.1) is 9.85 Å². The minimum atomic E-state index is -0.797. The molecular formula is C5HN3O4S2. The molecule has 0 bridgehead atoms. The second-order valence-corrected chi connectivity index (χ2v) is 4.44. The monoisotopic (exact) mass is 231 g/mol. The quantitative estimate of drug-likeness (QED) is 0.448. The van der Waals surface area contributed by atoms with E-state index in [1.54, 1.807) is 0 Å². The molecule has 9 heteroatoms. The molecule has 0 amide bonds. The SMILES string of the molecule is O=[N+]([O-])c1cnc2ssc2c1[N+](=O)[O-]. The molecule has 0 atom stereocenters. The van der Waals surface area contributed by atoms with Gasteiger partial charge in [0.1, 0.15) is 6.20 Å². The van der Waals surface area contributed by atoms with Gasteiger partial charge in [-0.2, -0.15) is 0 Å². The number of hydrogen-bond acceptors (Lipinski definition) is 7. The Bertz CT molecular complexity index is 530. The number of nitrogens with zero attached hydrogens (tertiary/aromatic N) is 3. The van der Waals surface area contributed by atoms with Crippen molar-refractivity contribution in [3.63, 3.8) is 0 Å². The highest BCUT2D eigenvalue weighted by atomic mass is 32.9. The fraction of sp³-hybridized carbons (Fsp3) is 0. The van der Waals surface area contributed by atoms with Crippen molar-refractivity contribution in [2.24, 2.45) is 0 Å². The minimum absolute atomic E-state index is 0.286.